The van der Waals surface area contributed by atoms with E-state index in [-0.39, 0.29) is 5.85 Å². The van der Waals surface area contributed by atoms with Gasteiger partial charge in [-0.1, -0.05) is 48.5 Å². The number of rotatable bonds is 6. The van der Waals surface area contributed by atoms with Crippen molar-refractivity contribution in [2.75, 3.05) is 17.8 Å². The third-order valence-electron chi connectivity index (χ3n) is 4.28. The Morgan fingerprint density at radius 1 is 0.929 bits per heavy atom. The van der Waals surface area contributed by atoms with Crippen molar-refractivity contribution in [2.45, 2.75) is 45.1 Å². The molecule has 1 saturated heterocycles. The first kappa shape index (κ1) is 21.5. The van der Waals surface area contributed by atoms with Gasteiger partial charge in [-0.2, -0.15) is 0 Å². The van der Waals surface area contributed by atoms with Crippen LogP contribution in [0.1, 0.15) is 11.4 Å². The van der Waals surface area contributed by atoms with Crippen LogP contribution in [0.5, 0.6) is 0 Å². The van der Waals surface area contributed by atoms with Crippen LogP contribution in [0.2, 0.25) is 39.3 Å². The molecule has 152 valence electrons. The molecule has 2 aromatic carbocycles. The topological polar surface area (TPSA) is 34.1 Å². The molecule has 0 amide bonds. The summed E-state index contributed by atoms with van der Waals surface area (Å²) in [6, 6.07) is 21.1. The Hall–Kier alpha value is -1.18. The van der Waals surface area contributed by atoms with E-state index in [1.165, 1.54) is 11.3 Å². The maximum atomic E-state index is 6.86. The number of hydrogen-bond donors (Lipinski definition) is 0. The van der Waals surface area contributed by atoms with E-state index in [4.69, 9.17) is 13.4 Å². The van der Waals surface area contributed by atoms with Gasteiger partial charge in [-0.3, -0.25) is 4.41 Å². The molecule has 1 heterocycles. The summed E-state index contributed by atoms with van der Waals surface area (Å²) in [7, 11) is -6.04. The van der Waals surface area contributed by atoms with E-state index in [1.54, 1.807) is 0 Å². The Bertz CT molecular complexity index is 833. The lowest BCUT2D eigenvalue weighted by atomic mass is 10.2. The van der Waals surface area contributed by atoms with E-state index in [0.717, 1.165) is 6.54 Å². The van der Waals surface area contributed by atoms with Crippen LogP contribution in [0, 0.1) is 0 Å². The van der Waals surface area contributed by atoms with Crippen LogP contribution in [0.4, 0.5) is 5.69 Å². The van der Waals surface area contributed by atoms with Crippen molar-refractivity contribution in [2.24, 2.45) is 4.41 Å². The van der Waals surface area contributed by atoms with Crippen molar-refractivity contribution in [3.63, 3.8) is 0 Å². The lowest BCUT2D eigenvalue weighted by molar-refractivity contribution is 0.256. The Morgan fingerprint density at radius 3 is 2.04 bits per heavy atom. The average Bonchev–Trinajstić information content (AvgIpc) is 3.03. The van der Waals surface area contributed by atoms with Crippen LogP contribution >= 0.6 is 7.43 Å². The first-order valence-electron chi connectivity index (χ1n) is 9.94. The van der Waals surface area contributed by atoms with Crippen molar-refractivity contribution in [1.29, 1.82) is 0 Å². The third kappa shape index (κ3) is 5.05. The SMILES string of the molecule is C[Si](C)(C)N=P1(C(O[Si](C)(C)C)c2ccccc2)OCCN1c1ccccc1. The summed E-state index contributed by atoms with van der Waals surface area (Å²) in [5.41, 5.74) is 2.35. The van der Waals surface area contributed by atoms with Crippen molar-refractivity contribution in [1.82, 2.24) is 0 Å². The van der Waals surface area contributed by atoms with E-state index >= 15 is 0 Å². The molecule has 2 aromatic rings. The zero-order chi connectivity index (χ0) is 20.4. The van der Waals surface area contributed by atoms with Crippen molar-refractivity contribution in [3.05, 3.63) is 66.2 Å². The quantitative estimate of drug-likeness (QED) is 0.366. The highest BCUT2D eigenvalue weighted by Crippen LogP contribution is 2.70. The molecule has 2 unspecified atom stereocenters. The van der Waals surface area contributed by atoms with Gasteiger partial charge in [-0.25, -0.2) is 0 Å². The fraction of sp³-hybridized carbons (Fsp3) is 0.429. The highest BCUT2D eigenvalue weighted by atomic mass is 31.2. The molecule has 0 saturated carbocycles. The largest absolute Gasteiger partial charge is 0.402 e. The van der Waals surface area contributed by atoms with Gasteiger partial charge in [0.25, 0.3) is 0 Å². The normalized spacial score (nSPS) is 21.6. The fourth-order valence-electron chi connectivity index (χ4n) is 3.41. The first-order chi connectivity index (χ1) is 13.1. The summed E-state index contributed by atoms with van der Waals surface area (Å²) in [5.74, 6) is -0.158. The number of para-hydroxylation sites is 1. The summed E-state index contributed by atoms with van der Waals surface area (Å²) < 4.78 is 21.4. The van der Waals surface area contributed by atoms with E-state index < -0.39 is 24.0 Å². The summed E-state index contributed by atoms with van der Waals surface area (Å²) in [6.07, 6.45) is 0. The van der Waals surface area contributed by atoms with E-state index in [0.29, 0.717) is 6.61 Å². The minimum Gasteiger partial charge on any atom is -0.402 e. The Kier molecular flexibility index (Phi) is 6.37. The van der Waals surface area contributed by atoms with Crippen LogP contribution in [0.25, 0.3) is 0 Å². The summed E-state index contributed by atoms with van der Waals surface area (Å²) in [6.45, 7) is 15.1. The molecular formula is C21H33N2O2PSi2. The summed E-state index contributed by atoms with van der Waals surface area (Å²) in [5, 5.41) is 0. The monoisotopic (exact) mass is 432 g/mol. The second kappa shape index (κ2) is 8.29. The van der Waals surface area contributed by atoms with Crippen LogP contribution in [-0.4, -0.2) is 29.7 Å². The lowest BCUT2D eigenvalue weighted by Gasteiger charge is -2.40. The predicted octanol–water partition coefficient (Wildman–Crippen LogP) is 6.94. The lowest BCUT2D eigenvalue weighted by Crippen LogP contribution is -2.32. The minimum atomic E-state index is -2.40. The zero-order valence-corrected chi connectivity index (χ0v) is 20.8. The number of hydrogen-bond acceptors (Lipinski definition) is 3. The standard InChI is InChI=1S/C21H33N2O2PSi2/c1-27(2,3)22-26(23(17-18-24-26)20-15-11-8-12-16-20)21(25-28(4,5)6)19-13-9-7-10-14-19/h7-16,21H,17-18H2,1-6H3. The van der Waals surface area contributed by atoms with E-state index in [1.807, 2.05) is 0 Å². The molecule has 0 aliphatic carbocycles. The second-order valence-corrected chi connectivity index (χ2v) is 21.1. The molecule has 0 N–H and O–H groups in total. The van der Waals surface area contributed by atoms with Crippen LogP contribution in [-0.2, 0) is 8.95 Å². The van der Waals surface area contributed by atoms with Crippen LogP contribution in [0.3, 0.4) is 0 Å². The molecule has 0 aromatic heterocycles. The number of anilines is 1. The van der Waals surface area contributed by atoms with Gasteiger partial charge in [-0.05, 0) is 57.0 Å². The van der Waals surface area contributed by atoms with Gasteiger partial charge in [0.2, 0.25) is 7.43 Å². The summed E-state index contributed by atoms with van der Waals surface area (Å²) in [4.78, 5) is 0. The number of nitrogens with zero attached hydrogens (tertiary/aromatic N) is 2. The Morgan fingerprint density at radius 2 is 1.50 bits per heavy atom. The van der Waals surface area contributed by atoms with Gasteiger partial charge in [0, 0.05) is 12.2 Å². The average molecular weight is 433 g/mol. The van der Waals surface area contributed by atoms with Gasteiger partial charge in [0.1, 0.15) is 5.85 Å². The van der Waals surface area contributed by atoms with Gasteiger partial charge in [0.15, 0.2) is 16.6 Å². The molecule has 2 atom stereocenters. The van der Waals surface area contributed by atoms with E-state index in [2.05, 4.69) is 105 Å². The molecule has 0 radical (unpaired) electrons. The fourth-order valence-corrected chi connectivity index (χ4v) is 12.5. The van der Waals surface area contributed by atoms with Crippen molar-refractivity contribution in [3.8, 4) is 0 Å². The molecular weight excluding hydrogens is 399 g/mol. The molecule has 1 fully saturated rings. The maximum Gasteiger partial charge on any atom is 0.202 e. The van der Waals surface area contributed by atoms with Gasteiger partial charge in [0.05, 0.1) is 6.61 Å². The van der Waals surface area contributed by atoms with E-state index in [9.17, 15) is 0 Å². The minimum absolute atomic E-state index is 0.158. The molecule has 0 bridgehead atoms. The van der Waals surface area contributed by atoms with Gasteiger partial charge >= 0.3 is 0 Å². The maximum absolute atomic E-state index is 6.86. The molecule has 3 rings (SSSR count). The highest BCUT2D eigenvalue weighted by molar-refractivity contribution is 7.64. The second-order valence-electron chi connectivity index (χ2n) is 9.15. The number of benzene rings is 2. The van der Waals surface area contributed by atoms with Crippen molar-refractivity contribution < 1.29 is 8.95 Å². The first-order valence-corrected chi connectivity index (χ1v) is 18.5. The zero-order valence-electron chi connectivity index (χ0n) is 17.9. The Labute approximate surface area is 172 Å². The van der Waals surface area contributed by atoms with Crippen LogP contribution < -0.4 is 4.67 Å². The molecule has 0 spiro atoms. The molecule has 1 aliphatic rings. The Balaban J connectivity index is 2.23. The predicted molar refractivity (Wildman–Crippen MR) is 126 cm³/mol. The molecule has 4 nitrogen and oxygen atoms in total. The molecule has 7 heteroatoms. The van der Waals surface area contributed by atoms with Gasteiger partial charge < -0.3 is 13.6 Å². The molecule has 28 heavy (non-hydrogen) atoms. The van der Waals surface area contributed by atoms with Crippen molar-refractivity contribution >= 4 is 29.7 Å². The van der Waals surface area contributed by atoms with Gasteiger partial charge in [-0.15, -0.1) is 0 Å². The summed E-state index contributed by atoms with van der Waals surface area (Å²) >= 11 is 0. The van der Waals surface area contributed by atoms with Crippen LogP contribution in [0.15, 0.2) is 65.1 Å². The third-order valence-corrected chi connectivity index (χ3v) is 11.7. The molecule has 1 aliphatic heterocycles. The smallest absolute Gasteiger partial charge is 0.202 e. The highest BCUT2D eigenvalue weighted by Gasteiger charge is 2.46.